The molecule has 0 aromatic heterocycles. The standard InChI is InChI=1S/C38H52O4/c1-33(2)18-20-38(32(40)42-9)21-19-36(6)27(28(38)23-33)14-15-30-35(5)22-26(24-10-12-25(41-8)13-11-24)31(39)34(3,4)29(35)16-17-37(30,36)7/h10-14,22,28-30H,15-21,23H2,1-9H3/t28-,29-,30+,35-,36+,37+,38-/m0/s1. The lowest BCUT2D eigenvalue weighted by Crippen LogP contribution is -2.64. The number of rotatable bonds is 3. The number of hydrogen-bond acceptors (Lipinski definition) is 4. The first-order valence-electron chi connectivity index (χ1n) is 16.3. The summed E-state index contributed by atoms with van der Waals surface area (Å²) in [6, 6.07) is 8.02. The molecule has 0 amide bonds. The van der Waals surface area contributed by atoms with Crippen molar-refractivity contribution in [3.05, 3.63) is 47.6 Å². The summed E-state index contributed by atoms with van der Waals surface area (Å²) in [4.78, 5) is 27.7. The molecular formula is C38H52O4. The zero-order chi connectivity index (χ0) is 30.5. The van der Waals surface area contributed by atoms with E-state index in [2.05, 4.69) is 60.6 Å². The fourth-order valence-electron chi connectivity index (χ4n) is 11.3. The molecule has 1 aromatic rings. The molecule has 42 heavy (non-hydrogen) atoms. The van der Waals surface area contributed by atoms with Crippen molar-refractivity contribution in [2.75, 3.05) is 14.2 Å². The van der Waals surface area contributed by atoms with E-state index in [9.17, 15) is 9.59 Å². The van der Waals surface area contributed by atoms with Crippen LogP contribution in [0.5, 0.6) is 5.75 Å². The Labute approximate surface area is 253 Å². The molecule has 0 saturated heterocycles. The molecule has 3 fully saturated rings. The highest BCUT2D eigenvalue weighted by molar-refractivity contribution is 6.24. The Morgan fingerprint density at radius 2 is 1.52 bits per heavy atom. The Hall–Kier alpha value is -2.36. The number of methoxy groups -OCH3 is 2. The van der Waals surface area contributed by atoms with Crippen LogP contribution in [0.1, 0.15) is 105 Å². The van der Waals surface area contributed by atoms with Gasteiger partial charge in [0, 0.05) is 11.0 Å². The second-order valence-electron chi connectivity index (χ2n) is 16.6. The van der Waals surface area contributed by atoms with E-state index in [-0.39, 0.29) is 44.7 Å². The fourth-order valence-corrected chi connectivity index (χ4v) is 11.3. The van der Waals surface area contributed by atoms with Crippen molar-refractivity contribution in [2.45, 2.75) is 99.8 Å². The Morgan fingerprint density at radius 1 is 0.857 bits per heavy atom. The molecule has 7 atom stereocenters. The predicted octanol–water partition coefficient (Wildman–Crippen LogP) is 8.84. The van der Waals surface area contributed by atoms with Gasteiger partial charge in [0.25, 0.3) is 0 Å². The van der Waals surface area contributed by atoms with Crippen LogP contribution in [0.15, 0.2) is 42.0 Å². The molecule has 3 saturated carbocycles. The topological polar surface area (TPSA) is 52.6 Å². The molecule has 0 N–H and O–H groups in total. The third-order valence-corrected chi connectivity index (χ3v) is 14.0. The summed E-state index contributed by atoms with van der Waals surface area (Å²) in [6.45, 7) is 16.7. The van der Waals surface area contributed by atoms with Gasteiger partial charge in [0.05, 0.1) is 19.6 Å². The summed E-state index contributed by atoms with van der Waals surface area (Å²) in [6.07, 6.45) is 13.1. The molecule has 0 unspecified atom stereocenters. The van der Waals surface area contributed by atoms with Crippen molar-refractivity contribution in [1.29, 1.82) is 0 Å². The van der Waals surface area contributed by atoms with E-state index in [0.717, 1.165) is 68.3 Å². The number of ether oxygens (including phenoxy) is 2. The molecule has 228 valence electrons. The van der Waals surface area contributed by atoms with Gasteiger partial charge in [-0.2, -0.15) is 0 Å². The fraction of sp³-hybridized carbons (Fsp3) is 0.684. The summed E-state index contributed by atoms with van der Waals surface area (Å²) in [5.41, 5.74) is 2.75. The zero-order valence-electron chi connectivity index (χ0n) is 27.5. The van der Waals surface area contributed by atoms with Crippen LogP contribution >= 0.6 is 0 Å². The van der Waals surface area contributed by atoms with E-state index in [1.165, 1.54) is 0 Å². The van der Waals surface area contributed by atoms with E-state index in [1.54, 1.807) is 19.8 Å². The van der Waals surface area contributed by atoms with Gasteiger partial charge in [-0.05, 0) is 108 Å². The summed E-state index contributed by atoms with van der Waals surface area (Å²) in [5, 5.41) is 0. The maximum absolute atomic E-state index is 14.1. The third-order valence-electron chi connectivity index (χ3n) is 14.0. The van der Waals surface area contributed by atoms with Gasteiger partial charge < -0.3 is 9.47 Å². The molecule has 5 aliphatic rings. The maximum atomic E-state index is 14.1. The highest BCUT2D eigenvalue weighted by Crippen LogP contribution is 2.75. The summed E-state index contributed by atoms with van der Waals surface area (Å²) >= 11 is 0. The molecule has 0 radical (unpaired) electrons. The number of esters is 1. The van der Waals surface area contributed by atoms with Gasteiger partial charge in [0.1, 0.15) is 5.75 Å². The van der Waals surface area contributed by atoms with Crippen molar-refractivity contribution in [3.8, 4) is 5.75 Å². The van der Waals surface area contributed by atoms with Gasteiger partial charge in [-0.3, -0.25) is 9.59 Å². The first-order chi connectivity index (χ1) is 19.6. The zero-order valence-corrected chi connectivity index (χ0v) is 27.5. The van der Waals surface area contributed by atoms with Gasteiger partial charge in [0.2, 0.25) is 0 Å². The van der Waals surface area contributed by atoms with Gasteiger partial charge in [-0.15, -0.1) is 0 Å². The molecule has 0 heterocycles. The van der Waals surface area contributed by atoms with Gasteiger partial charge in [0.15, 0.2) is 5.78 Å². The van der Waals surface area contributed by atoms with Gasteiger partial charge in [-0.1, -0.05) is 78.3 Å². The Kier molecular flexibility index (Phi) is 6.59. The van der Waals surface area contributed by atoms with Gasteiger partial charge >= 0.3 is 5.97 Å². The predicted molar refractivity (Wildman–Crippen MR) is 168 cm³/mol. The largest absolute Gasteiger partial charge is 0.497 e. The Morgan fingerprint density at radius 3 is 2.17 bits per heavy atom. The van der Waals surface area contributed by atoms with Crippen LogP contribution < -0.4 is 4.74 Å². The number of fused-ring (bicyclic) bond motifs is 7. The smallest absolute Gasteiger partial charge is 0.312 e. The van der Waals surface area contributed by atoms with E-state index in [4.69, 9.17) is 9.47 Å². The van der Waals surface area contributed by atoms with Crippen molar-refractivity contribution in [3.63, 3.8) is 0 Å². The molecular weight excluding hydrogens is 520 g/mol. The van der Waals surface area contributed by atoms with Crippen LogP contribution in [-0.2, 0) is 14.3 Å². The SMILES string of the molecule is COC(=O)[C@]12CCC(C)(C)C[C@H]1C1=CC[C@@H]3[C@@]4(C)C=C(c5ccc(OC)cc5)C(=O)C(C)(C)[C@@H]4CC[C@@]3(C)[C@]1(C)CC2. The third kappa shape index (κ3) is 3.78. The van der Waals surface area contributed by atoms with Crippen LogP contribution in [-0.4, -0.2) is 26.0 Å². The van der Waals surface area contributed by atoms with E-state index >= 15 is 0 Å². The van der Waals surface area contributed by atoms with Crippen molar-refractivity contribution < 1.29 is 19.1 Å². The molecule has 1 aromatic carbocycles. The second kappa shape index (κ2) is 9.32. The highest BCUT2D eigenvalue weighted by atomic mass is 16.5. The first-order valence-corrected chi connectivity index (χ1v) is 16.3. The van der Waals surface area contributed by atoms with E-state index in [0.29, 0.717) is 11.8 Å². The minimum absolute atomic E-state index is 0.00788. The van der Waals surface area contributed by atoms with Crippen LogP contribution in [0.2, 0.25) is 0 Å². The lowest BCUT2D eigenvalue weighted by atomic mass is 9.34. The average molecular weight is 573 g/mol. The number of carbonyl (C=O) groups is 2. The summed E-state index contributed by atoms with van der Waals surface area (Å²) < 4.78 is 11.0. The summed E-state index contributed by atoms with van der Waals surface area (Å²) in [7, 11) is 3.26. The van der Waals surface area contributed by atoms with Crippen molar-refractivity contribution in [1.82, 2.24) is 0 Å². The lowest BCUT2D eigenvalue weighted by molar-refractivity contribution is -0.176. The molecule has 0 spiro atoms. The first kappa shape index (κ1) is 29.7. The lowest BCUT2D eigenvalue weighted by Gasteiger charge is -2.70. The quantitative estimate of drug-likeness (QED) is 0.268. The summed E-state index contributed by atoms with van der Waals surface area (Å²) in [5.74, 6) is 2.03. The molecule has 0 bridgehead atoms. The van der Waals surface area contributed by atoms with Crippen LogP contribution in [0.4, 0.5) is 0 Å². The van der Waals surface area contributed by atoms with E-state index in [1.807, 2.05) is 24.3 Å². The number of carbonyl (C=O) groups excluding carboxylic acids is 2. The van der Waals surface area contributed by atoms with Crippen LogP contribution in [0.25, 0.3) is 5.57 Å². The van der Waals surface area contributed by atoms with Crippen LogP contribution in [0.3, 0.4) is 0 Å². The minimum atomic E-state index is -0.440. The number of hydrogen-bond donors (Lipinski definition) is 0. The number of benzene rings is 1. The number of ketones is 1. The average Bonchev–Trinajstić information content (AvgIpc) is 2.95. The minimum Gasteiger partial charge on any atom is -0.497 e. The number of Topliss-reactive ketones (excluding diaryl/α,β-unsaturated/α-hetero) is 1. The van der Waals surface area contributed by atoms with Gasteiger partial charge in [-0.25, -0.2) is 0 Å². The Balaban J connectivity index is 1.48. The van der Waals surface area contributed by atoms with Crippen molar-refractivity contribution in [2.24, 2.45) is 50.2 Å². The van der Waals surface area contributed by atoms with Crippen LogP contribution in [0, 0.1) is 50.2 Å². The number of allylic oxidation sites excluding steroid dienone is 4. The molecule has 6 rings (SSSR count). The maximum Gasteiger partial charge on any atom is 0.312 e. The molecule has 5 aliphatic carbocycles. The monoisotopic (exact) mass is 572 g/mol. The molecule has 4 nitrogen and oxygen atoms in total. The highest BCUT2D eigenvalue weighted by Gasteiger charge is 2.69. The van der Waals surface area contributed by atoms with Crippen molar-refractivity contribution >= 4 is 17.3 Å². The van der Waals surface area contributed by atoms with E-state index < -0.39 is 5.41 Å². The molecule has 0 aliphatic heterocycles. The Bertz CT molecular complexity index is 1360. The molecule has 4 heteroatoms. The second-order valence-corrected chi connectivity index (χ2v) is 16.6. The normalized spacial score (nSPS) is 41.6.